The zero-order chi connectivity index (χ0) is 22.1. The minimum absolute atomic E-state index is 0.0150. The predicted octanol–water partition coefficient (Wildman–Crippen LogP) is 2.43. The lowest BCUT2D eigenvalue weighted by molar-refractivity contribution is -0.121. The Morgan fingerprint density at radius 2 is 1.90 bits per heavy atom. The molecule has 0 saturated carbocycles. The van der Waals surface area contributed by atoms with Crippen molar-refractivity contribution in [3.05, 3.63) is 78.9 Å². The number of nitrogens with one attached hydrogen (secondary N) is 2. The Bertz CT molecular complexity index is 1380. The van der Waals surface area contributed by atoms with Crippen molar-refractivity contribution >= 4 is 28.5 Å². The number of carbonyl (C=O) groups excluding carboxylic acids is 1. The second-order valence-electron chi connectivity index (χ2n) is 7.27. The number of rotatable bonds is 5. The summed E-state index contributed by atoms with van der Waals surface area (Å²) in [6.07, 6.45) is 0.790. The second kappa shape index (κ2) is 8.31. The molecule has 2 aromatic carbocycles. The minimum Gasteiger partial charge on any atom is -0.350 e. The first-order valence-electron chi connectivity index (χ1n) is 9.81. The molecule has 8 nitrogen and oxygen atoms in total. The van der Waals surface area contributed by atoms with Gasteiger partial charge in [-0.25, -0.2) is 9.78 Å². The summed E-state index contributed by atoms with van der Waals surface area (Å²) >= 11 is 5.90. The summed E-state index contributed by atoms with van der Waals surface area (Å²) < 4.78 is 1.57. The molecule has 0 aromatic heterocycles. The molecule has 2 N–H and O–H groups in total. The van der Waals surface area contributed by atoms with Crippen LogP contribution in [0.1, 0.15) is 23.6 Å². The van der Waals surface area contributed by atoms with E-state index in [-0.39, 0.29) is 24.0 Å². The monoisotopic (exact) mass is 437 g/mol. The summed E-state index contributed by atoms with van der Waals surface area (Å²) in [4.78, 5) is 47.5. The van der Waals surface area contributed by atoms with Gasteiger partial charge in [-0.1, -0.05) is 30.7 Å². The first kappa shape index (κ1) is 20.7. The molecule has 1 amide bonds. The van der Waals surface area contributed by atoms with Crippen LogP contribution < -0.4 is 16.6 Å². The van der Waals surface area contributed by atoms with E-state index < -0.39 is 11.2 Å². The van der Waals surface area contributed by atoms with Crippen LogP contribution in [0, 0.1) is 6.92 Å². The van der Waals surface area contributed by atoms with Crippen molar-refractivity contribution in [2.45, 2.75) is 33.4 Å². The van der Waals surface area contributed by atoms with E-state index in [2.05, 4.69) is 20.3 Å². The van der Waals surface area contributed by atoms with Crippen molar-refractivity contribution in [1.82, 2.24) is 24.8 Å². The fourth-order valence-corrected chi connectivity index (χ4v) is 3.66. The van der Waals surface area contributed by atoms with E-state index in [9.17, 15) is 14.4 Å². The molecule has 0 radical (unpaired) electrons. The van der Waals surface area contributed by atoms with Gasteiger partial charge in [0.2, 0.25) is 5.91 Å². The van der Waals surface area contributed by atoms with Crippen molar-refractivity contribution < 1.29 is 4.79 Å². The number of aryl methyl sites for hydroxylation is 2. The number of benzene rings is 2. The molecular formula is C22H20ClN5O3. The Balaban J connectivity index is 1.77. The molecular weight excluding hydrogens is 418 g/mol. The molecule has 31 heavy (non-hydrogen) atoms. The average Bonchev–Trinajstić information content (AvgIpc) is 2.73. The van der Waals surface area contributed by atoms with E-state index in [4.69, 9.17) is 11.6 Å². The third-order valence-corrected chi connectivity index (χ3v) is 5.40. The Morgan fingerprint density at radius 1 is 1.16 bits per heavy atom. The molecule has 9 heteroatoms. The third-order valence-electron chi connectivity index (χ3n) is 5.15. The average molecular weight is 438 g/mol. The fourth-order valence-electron chi connectivity index (χ4n) is 3.53. The molecule has 0 atom stereocenters. The summed E-state index contributed by atoms with van der Waals surface area (Å²) in [5.74, 6) is -0.212. The van der Waals surface area contributed by atoms with Crippen LogP contribution in [0.2, 0.25) is 5.02 Å². The Morgan fingerprint density at radius 3 is 2.61 bits per heavy atom. The Hall–Kier alpha value is -3.52. The number of carbonyl (C=O) groups is 1. The van der Waals surface area contributed by atoms with Crippen molar-refractivity contribution in [3.8, 4) is 11.5 Å². The standard InChI is InChI=1S/C22H20ClN5O3/c1-3-14-9-17-16(8-12(14)2)25-19-20(26-22(31)27-21(19)30)28(17)11-18(29)24-10-13-4-6-15(23)7-5-13/h4-9H,3,10-11H2,1-2H3,(H,24,29)(H,27,30,31). The topological polar surface area (TPSA) is 110 Å². The predicted molar refractivity (Wildman–Crippen MR) is 118 cm³/mol. The number of hydrogen-bond acceptors (Lipinski definition) is 5. The quantitative estimate of drug-likeness (QED) is 0.466. The third kappa shape index (κ3) is 4.20. The lowest BCUT2D eigenvalue weighted by Crippen LogP contribution is -2.32. The van der Waals surface area contributed by atoms with Gasteiger partial charge in [-0.2, -0.15) is 4.98 Å². The SMILES string of the molecule is CCc1cc2c(cc1C)nc1c(=O)[nH]c(=O)nc-1n2CC(=O)NCc1ccc(Cl)cc1. The molecule has 0 aliphatic carbocycles. The van der Waals surface area contributed by atoms with Gasteiger partial charge in [0.05, 0.1) is 11.0 Å². The van der Waals surface area contributed by atoms with Crippen LogP contribution in [0.25, 0.3) is 22.6 Å². The van der Waals surface area contributed by atoms with Crippen molar-refractivity contribution in [2.24, 2.45) is 0 Å². The largest absolute Gasteiger partial charge is 0.350 e. The van der Waals surface area contributed by atoms with Gasteiger partial charge in [0.15, 0.2) is 11.5 Å². The first-order chi connectivity index (χ1) is 14.9. The van der Waals surface area contributed by atoms with Gasteiger partial charge in [-0.15, -0.1) is 0 Å². The number of H-pyrrole nitrogens is 1. The van der Waals surface area contributed by atoms with Gasteiger partial charge in [0.25, 0.3) is 5.56 Å². The van der Waals surface area contributed by atoms with Gasteiger partial charge in [-0.3, -0.25) is 14.6 Å². The fraction of sp³-hybridized carbons (Fsp3) is 0.227. The van der Waals surface area contributed by atoms with Gasteiger partial charge in [-0.05, 0) is 54.3 Å². The highest BCUT2D eigenvalue weighted by Crippen LogP contribution is 2.24. The zero-order valence-corrected chi connectivity index (χ0v) is 17.8. The molecule has 158 valence electrons. The number of nitrogens with zero attached hydrogens (tertiary/aromatic N) is 3. The van der Waals surface area contributed by atoms with Crippen LogP contribution in [0.5, 0.6) is 0 Å². The highest BCUT2D eigenvalue weighted by Gasteiger charge is 2.21. The van der Waals surface area contributed by atoms with E-state index in [0.29, 0.717) is 22.6 Å². The maximum absolute atomic E-state index is 12.8. The van der Waals surface area contributed by atoms with Gasteiger partial charge >= 0.3 is 5.69 Å². The summed E-state index contributed by atoms with van der Waals surface area (Å²) in [6, 6.07) is 11.0. The summed E-state index contributed by atoms with van der Waals surface area (Å²) in [6.45, 7) is 4.20. The van der Waals surface area contributed by atoms with Crippen molar-refractivity contribution in [3.63, 3.8) is 0 Å². The van der Waals surface area contributed by atoms with Gasteiger partial charge in [0.1, 0.15) is 6.54 Å². The first-order valence-corrected chi connectivity index (χ1v) is 10.2. The highest BCUT2D eigenvalue weighted by molar-refractivity contribution is 6.30. The lowest BCUT2D eigenvalue weighted by Gasteiger charge is -2.18. The number of halogens is 1. The van der Waals surface area contributed by atoms with E-state index in [1.807, 2.05) is 38.1 Å². The molecule has 0 spiro atoms. The molecule has 2 aliphatic rings. The summed E-state index contributed by atoms with van der Waals surface area (Å²) in [5, 5.41) is 3.47. The minimum atomic E-state index is -0.781. The smallest absolute Gasteiger partial charge is 0.349 e. The highest BCUT2D eigenvalue weighted by atomic mass is 35.5. The molecule has 0 unspecified atom stereocenters. The maximum Gasteiger partial charge on any atom is 0.349 e. The zero-order valence-electron chi connectivity index (χ0n) is 17.0. The molecule has 0 bridgehead atoms. The molecule has 4 rings (SSSR count). The van der Waals surface area contributed by atoms with Crippen LogP contribution in [0.3, 0.4) is 0 Å². The van der Waals surface area contributed by atoms with Gasteiger partial charge in [0, 0.05) is 11.6 Å². The Labute approximate surface area is 182 Å². The number of aromatic amines is 1. The van der Waals surface area contributed by atoms with Crippen LogP contribution in [0.15, 0.2) is 46.0 Å². The maximum atomic E-state index is 12.8. The van der Waals surface area contributed by atoms with Crippen LogP contribution in [0.4, 0.5) is 0 Å². The van der Waals surface area contributed by atoms with Crippen LogP contribution >= 0.6 is 11.6 Å². The number of hydrogen-bond donors (Lipinski definition) is 2. The number of amides is 1. The number of fused-ring (bicyclic) bond motifs is 2. The van der Waals surface area contributed by atoms with Gasteiger partial charge < -0.3 is 9.88 Å². The molecule has 2 heterocycles. The molecule has 0 saturated heterocycles. The van der Waals surface area contributed by atoms with E-state index in [1.165, 1.54) is 0 Å². The molecule has 2 aliphatic heterocycles. The summed E-state index contributed by atoms with van der Waals surface area (Å²) in [7, 11) is 0. The molecule has 2 aromatic rings. The Kier molecular flexibility index (Phi) is 5.56. The molecule has 0 fully saturated rings. The normalized spacial score (nSPS) is 11.2. The summed E-state index contributed by atoms with van der Waals surface area (Å²) in [5.41, 5.74) is 2.80. The van der Waals surface area contributed by atoms with E-state index in [1.54, 1.807) is 16.7 Å². The lowest BCUT2D eigenvalue weighted by atomic mass is 10.0. The van der Waals surface area contributed by atoms with Crippen molar-refractivity contribution in [1.29, 1.82) is 0 Å². The van der Waals surface area contributed by atoms with Crippen molar-refractivity contribution in [2.75, 3.05) is 0 Å². The van der Waals surface area contributed by atoms with E-state index >= 15 is 0 Å². The second-order valence-corrected chi connectivity index (χ2v) is 7.70. The van der Waals surface area contributed by atoms with Crippen LogP contribution in [-0.4, -0.2) is 25.4 Å². The van der Waals surface area contributed by atoms with E-state index in [0.717, 1.165) is 23.1 Å². The number of aromatic nitrogens is 4. The van der Waals surface area contributed by atoms with Crippen LogP contribution in [-0.2, 0) is 24.3 Å².